The lowest BCUT2D eigenvalue weighted by atomic mass is 10.2. The van der Waals surface area contributed by atoms with Crippen molar-refractivity contribution in [3.63, 3.8) is 0 Å². The zero-order valence-corrected chi connectivity index (χ0v) is 14.5. The van der Waals surface area contributed by atoms with Gasteiger partial charge in [0.25, 0.3) is 5.91 Å². The highest BCUT2D eigenvalue weighted by molar-refractivity contribution is 5.97. The van der Waals surface area contributed by atoms with E-state index in [9.17, 15) is 9.59 Å². The van der Waals surface area contributed by atoms with E-state index in [1.807, 2.05) is 54.6 Å². The third-order valence-corrected chi connectivity index (χ3v) is 3.70. The fourth-order valence-corrected chi connectivity index (χ4v) is 2.46. The molecule has 0 spiro atoms. The molecule has 0 bridgehead atoms. The van der Waals surface area contributed by atoms with Gasteiger partial charge in [0.2, 0.25) is 12.0 Å². The maximum atomic E-state index is 12.3. The van der Waals surface area contributed by atoms with Crippen molar-refractivity contribution in [2.75, 3.05) is 7.05 Å². The number of carbonyl (C=O) groups excluding carboxylic acids is 2. The van der Waals surface area contributed by atoms with E-state index in [1.54, 1.807) is 14.0 Å². The van der Waals surface area contributed by atoms with Gasteiger partial charge in [0.05, 0.1) is 6.08 Å². The molecule has 0 radical (unpaired) electrons. The molecule has 1 heterocycles. The lowest BCUT2D eigenvalue weighted by molar-refractivity contribution is -0.141. The SMILES string of the molecule is CC1OC(=O)/C(=C/C(=O)N(C)Cc2cccc(Oc3ccccc3)c2)O1. The van der Waals surface area contributed by atoms with E-state index in [0.717, 1.165) is 17.4 Å². The fraction of sp³-hybridized carbons (Fsp3) is 0.200. The molecule has 1 atom stereocenters. The number of para-hydroxylation sites is 1. The Labute approximate surface area is 151 Å². The Morgan fingerprint density at radius 2 is 1.85 bits per heavy atom. The molecule has 1 aliphatic heterocycles. The molecule has 1 saturated heterocycles. The monoisotopic (exact) mass is 353 g/mol. The van der Waals surface area contributed by atoms with Gasteiger partial charge in [-0.05, 0) is 29.8 Å². The van der Waals surface area contributed by atoms with Gasteiger partial charge in [-0.15, -0.1) is 0 Å². The van der Waals surface area contributed by atoms with Crippen LogP contribution in [0.5, 0.6) is 11.5 Å². The molecule has 0 aliphatic carbocycles. The number of hydrogen-bond donors (Lipinski definition) is 0. The van der Waals surface area contributed by atoms with Crippen molar-refractivity contribution >= 4 is 11.9 Å². The molecule has 6 heteroatoms. The Hall–Kier alpha value is -3.28. The molecular formula is C20H19NO5. The predicted octanol–water partition coefficient (Wildman–Crippen LogP) is 3.24. The van der Waals surface area contributed by atoms with E-state index in [0.29, 0.717) is 12.3 Å². The number of cyclic esters (lactones) is 1. The first-order valence-electron chi connectivity index (χ1n) is 8.17. The van der Waals surface area contributed by atoms with Gasteiger partial charge in [0.1, 0.15) is 11.5 Å². The molecule has 0 aromatic heterocycles. The molecule has 3 rings (SSSR count). The number of amides is 1. The van der Waals surface area contributed by atoms with Crippen LogP contribution in [0.2, 0.25) is 0 Å². The topological polar surface area (TPSA) is 65.1 Å². The summed E-state index contributed by atoms with van der Waals surface area (Å²) in [5.74, 6) is 0.378. The molecular weight excluding hydrogens is 334 g/mol. The van der Waals surface area contributed by atoms with Gasteiger partial charge in [0, 0.05) is 20.5 Å². The van der Waals surface area contributed by atoms with Gasteiger partial charge in [-0.1, -0.05) is 30.3 Å². The largest absolute Gasteiger partial charge is 0.457 e. The first kappa shape index (κ1) is 17.5. The third kappa shape index (κ3) is 4.42. The number of carbonyl (C=O) groups is 2. The van der Waals surface area contributed by atoms with Crippen LogP contribution in [-0.4, -0.2) is 30.1 Å². The van der Waals surface area contributed by atoms with Crippen molar-refractivity contribution in [3.05, 3.63) is 72.0 Å². The van der Waals surface area contributed by atoms with Gasteiger partial charge in [-0.3, -0.25) is 4.79 Å². The molecule has 2 aromatic carbocycles. The van der Waals surface area contributed by atoms with E-state index in [2.05, 4.69) is 0 Å². The molecule has 1 fully saturated rings. The summed E-state index contributed by atoms with van der Waals surface area (Å²) in [5, 5.41) is 0. The molecule has 6 nitrogen and oxygen atoms in total. The van der Waals surface area contributed by atoms with Crippen molar-refractivity contribution in [2.24, 2.45) is 0 Å². The highest BCUT2D eigenvalue weighted by Crippen LogP contribution is 2.22. The summed E-state index contributed by atoms with van der Waals surface area (Å²) < 4.78 is 15.8. The number of benzene rings is 2. The third-order valence-electron chi connectivity index (χ3n) is 3.70. The number of ether oxygens (including phenoxy) is 3. The van der Waals surface area contributed by atoms with Gasteiger partial charge >= 0.3 is 5.97 Å². The molecule has 0 N–H and O–H groups in total. The molecule has 2 aromatic rings. The van der Waals surface area contributed by atoms with Gasteiger partial charge in [-0.2, -0.15) is 0 Å². The number of hydrogen-bond acceptors (Lipinski definition) is 5. The summed E-state index contributed by atoms with van der Waals surface area (Å²) in [4.78, 5) is 25.3. The van der Waals surface area contributed by atoms with Crippen LogP contribution in [0.1, 0.15) is 12.5 Å². The highest BCUT2D eigenvalue weighted by atomic mass is 16.7. The number of rotatable bonds is 5. The average molecular weight is 353 g/mol. The molecule has 1 aliphatic rings. The summed E-state index contributed by atoms with van der Waals surface area (Å²) in [6.45, 7) is 1.95. The summed E-state index contributed by atoms with van der Waals surface area (Å²) >= 11 is 0. The lowest BCUT2D eigenvalue weighted by Crippen LogP contribution is -2.25. The van der Waals surface area contributed by atoms with Crippen LogP contribution in [0.25, 0.3) is 0 Å². The summed E-state index contributed by atoms with van der Waals surface area (Å²) in [6.07, 6.45) is 0.481. The van der Waals surface area contributed by atoms with Crippen molar-refractivity contribution in [3.8, 4) is 11.5 Å². The van der Waals surface area contributed by atoms with Crippen LogP contribution in [0.15, 0.2) is 66.4 Å². The van der Waals surface area contributed by atoms with E-state index < -0.39 is 12.3 Å². The minimum atomic E-state index is -0.668. The molecule has 1 unspecified atom stereocenters. The van der Waals surface area contributed by atoms with E-state index in [1.165, 1.54) is 4.90 Å². The molecule has 1 amide bonds. The smallest absolute Gasteiger partial charge is 0.377 e. The first-order valence-corrected chi connectivity index (χ1v) is 8.17. The van der Waals surface area contributed by atoms with Gasteiger partial charge in [0.15, 0.2) is 0 Å². The van der Waals surface area contributed by atoms with Crippen LogP contribution in [0, 0.1) is 0 Å². The second kappa shape index (κ2) is 7.74. The second-order valence-electron chi connectivity index (χ2n) is 5.86. The minimum absolute atomic E-state index is 0.0736. The summed E-state index contributed by atoms with van der Waals surface area (Å²) in [6, 6.07) is 16.9. The average Bonchev–Trinajstić information content (AvgIpc) is 2.93. The number of esters is 1. The van der Waals surface area contributed by atoms with E-state index in [-0.39, 0.29) is 11.7 Å². The van der Waals surface area contributed by atoms with Crippen LogP contribution < -0.4 is 4.74 Å². The van der Waals surface area contributed by atoms with Crippen LogP contribution in [0.4, 0.5) is 0 Å². The Kier molecular flexibility index (Phi) is 5.22. The lowest BCUT2D eigenvalue weighted by Gasteiger charge is -2.16. The summed E-state index contributed by atoms with van der Waals surface area (Å²) in [7, 11) is 1.65. The van der Waals surface area contributed by atoms with E-state index >= 15 is 0 Å². The Balaban J connectivity index is 1.65. The maximum absolute atomic E-state index is 12.3. The fourth-order valence-electron chi connectivity index (χ4n) is 2.46. The number of nitrogens with zero attached hydrogens (tertiary/aromatic N) is 1. The van der Waals surface area contributed by atoms with Gasteiger partial charge < -0.3 is 19.1 Å². The molecule has 0 saturated carbocycles. The molecule has 134 valence electrons. The first-order chi connectivity index (χ1) is 12.5. The van der Waals surface area contributed by atoms with Gasteiger partial charge in [-0.25, -0.2) is 4.79 Å². The van der Waals surface area contributed by atoms with Crippen molar-refractivity contribution in [1.82, 2.24) is 4.90 Å². The van der Waals surface area contributed by atoms with Crippen molar-refractivity contribution < 1.29 is 23.8 Å². The number of likely N-dealkylation sites (N-methyl/N-ethyl adjacent to an activating group) is 1. The minimum Gasteiger partial charge on any atom is -0.457 e. The Morgan fingerprint density at radius 3 is 2.54 bits per heavy atom. The second-order valence-corrected chi connectivity index (χ2v) is 5.86. The maximum Gasteiger partial charge on any atom is 0.377 e. The quantitative estimate of drug-likeness (QED) is 0.610. The van der Waals surface area contributed by atoms with Crippen LogP contribution in [0.3, 0.4) is 0 Å². The predicted molar refractivity (Wildman–Crippen MR) is 94.2 cm³/mol. The zero-order chi connectivity index (χ0) is 18.5. The highest BCUT2D eigenvalue weighted by Gasteiger charge is 2.28. The van der Waals surface area contributed by atoms with Crippen molar-refractivity contribution in [1.29, 1.82) is 0 Å². The standard InChI is InChI=1S/C20H19NO5/c1-14-24-18(20(23)25-14)12-19(22)21(2)13-15-7-6-10-17(11-15)26-16-8-4-3-5-9-16/h3-12,14H,13H2,1-2H3/b18-12-. The van der Waals surface area contributed by atoms with Crippen LogP contribution in [-0.2, 0) is 25.6 Å². The molecule has 26 heavy (non-hydrogen) atoms. The summed E-state index contributed by atoms with van der Waals surface area (Å²) in [5.41, 5.74) is 0.899. The normalized spacial score (nSPS) is 17.5. The zero-order valence-electron chi connectivity index (χ0n) is 14.5. The Morgan fingerprint density at radius 1 is 1.12 bits per heavy atom. The van der Waals surface area contributed by atoms with E-state index in [4.69, 9.17) is 14.2 Å². The van der Waals surface area contributed by atoms with Crippen LogP contribution >= 0.6 is 0 Å². The Bertz CT molecular complexity index is 831. The van der Waals surface area contributed by atoms with Crippen molar-refractivity contribution in [2.45, 2.75) is 19.8 Å².